The molecule has 1 aliphatic rings. The van der Waals surface area contributed by atoms with Gasteiger partial charge >= 0.3 is 0 Å². The monoisotopic (exact) mass is 214 g/mol. The lowest BCUT2D eigenvalue weighted by Crippen LogP contribution is -1.93. The Morgan fingerprint density at radius 3 is 2.88 bits per heavy atom. The zero-order valence-electron chi connectivity index (χ0n) is 9.98. The zero-order chi connectivity index (χ0) is 11.4. The van der Waals surface area contributed by atoms with Gasteiger partial charge in [0.2, 0.25) is 0 Å². The second kappa shape index (κ2) is 4.97. The number of hydrogen-bond donors (Lipinski definition) is 0. The maximum absolute atomic E-state index is 4.62. The fourth-order valence-electron chi connectivity index (χ4n) is 2.00. The van der Waals surface area contributed by atoms with E-state index in [1.54, 1.807) is 0 Å². The molecule has 0 N–H and O–H groups in total. The Morgan fingerprint density at radius 1 is 1.19 bits per heavy atom. The summed E-state index contributed by atoms with van der Waals surface area (Å²) in [6, 6.07) is 8.31. The first-order chi connectivity index (χ1) is 7.95. The van der Waals surface area contributed by atoms with Crippen molar-refractivity contribution >= 4 is 17.2 Å². The van der Waals surface area contributed by atoms with E-state index in [9.17, 15) is 0 Å². The van der Waals surface area contributed by atoms with Crippen molar-refractivity contribution in [2.75, 3.05) is 0 Å². The predicted molar refractivity (Wildman–Crippen MR) is 69.3 cm³/mol. The highest BCUT2D eigenvalue weighted by Gasteiger charge is 2.09. The molecule has 0 radical (unpaired) electrons. The number of hydrogen-bond acceptors (Lipinski definition) is 1. The summed E-state index contributed by atoms with van der Waals surface area (Å²) in [4.78, 5) is 4.62. The van der Waals surface area contributed by atoms with Gasteiger partial charge in [0, 0.05) is 12.6 Å². The first-order valence-corrected chi connectivity index (χ1v) is 6.08. The third-order valence-corrected chi connectivity index (χ3v) is 2.69. The summed E-state index contributed by atoms with van der Waals surface area (Å²) in [5, 5.41) is 0. The van der Waals surface area contributed by atoms with Crippen molar-refractivity contribution in [3.05, 3.63) is 36.2 Å². The molecule has 0 atom stereocenters. The highest BCUT2D eigenvalue weighted by atomic mass is 15.1. The molecule has 0 spiro atoms. The number of aryl methyl sites for hydroxylation is 1. The van der Waals surface area contributed by atoms with Crippen LogP contribution < -0.4 is 0 Å². The molecule has 1 aromatic carbocycles. The molecule has 0 unspecified atom stereocenters. The van der Waals surface area contributed by atoms with Crippen molar-refractivity contribution in [2.45, 2.75) is 33.1 Å². The van der Waals surface area contributed by atoms with Crippen LogP contribution in [0.15, 0.2) is 30.3 Å². The summed E-state index contributed by atoms with van der Waals surface area (Å²) in [6.45, 7) is 4.00. The second-order valence-electron chi connectivity index (χ2n) is 3.66. The van der Waals surface area contributed by atoms with Crippen LogP contribution in [0.25, 0.3) is 17.2 Å². The fourth-order valence-corrected chi connectivity index (χ4v) is 2.00. The maximum atomic E-state index is 4.62. The molecule has 0 aliphatic carbocycles. The lowest BCUT2D eigenvalue weighted by molar-refractivity contribution is 0.803. The highest BCUT2D eigenvalue weighted by molar-refractivity contribution is 5.78. The van der Waals surface area contributed by atoms with Crippen LogP contribution in [-0.2, 0) is 6.42 Å². The Labute approximate surface area is 96.6 Å². The third-order valence-electron chi connectivity index (χ3n) is 2.69. The summed E-state index contributed by atoms with van der Waals surface area (Å²) in [7, 11) is 0. The van der Waals surface area contributed by atoms with E-state index in [4.69, 9.17) is 0 Å². The van der Waals surface area contributed by atoms with Gasteiger partial charge in [-0.25, -0.2) is 4.98 Å². The summed E-state index contributed by atoms with van der Waals surface area (Å²) >= 11 is 0. The standard InChI is InChI=1S/C12H12N2.C2H6/c1-2-8-12-13-10-6-3-4-7-11(10)14(12)9-5-1;1-2/h3-7,9H,1-2,8H2;1-2H3. The molecule has 0 bridgehead atoms. The second-order valence-corrected chi connectivity index (χ2v) is 3.66. The van der Waals surface area contributed by atoms with Crippen LogP contribution in [0.1, 0.15) is 32.5 Å². The molecule has 0 amide bonds. The molecule has 0 saturated heterocycles. The minimum atomic E-state index is 1.08. The molecule has 2 heterocycles. The first-order valence-electron chi connectivity index (χ1n) is 6.08. The average Bonchev–Trinajstić information content (AvgIpc) is 2.54. The van der Waals surface area contributed by atoms with Gasteiger partial charge in [-0.15, -0.1) is 0 Å². The minimum Gasteiger partial charge on any atom is -0.303 e. The summed E-state index contributed by atoms with van der Waals surface area (Å²) < 4.78 is 2.21. The SMILES string of the molecule is C1=Cn2c(nc3ccccc32)CCC1.CC. The third kappa shape index (κ3) is 1.87. The summed E-state index contributed by atoms with van der Waals surface area (Å²) in [6.07, 6.45) is 7.83. The molecule has 2 aromatic rings. The van der Waals surface area contributed by atoms with Crippen LogP contribution in [0.2, 0.25) is 0 Å². The molecule has 0 fully saturated rings. The molecule has 2 nitrogen and oxygen atoms in total. The van der Waals surface area contributed by atoms with Crippen molar-refractivity contribution in [3.8, 4) is 0 Å². The van der Waals surface area contributed by atoms with Gasteiger partial charge < -0.3 is 4.57 Å². The van der Waals surface area contributed by atoms with E-state index in [2.05, 4.69) is 40.0 Å². The van der Waals surface area contributed by atoms with Gasteiger partial charge in [0.05, 0.1) is 11.0 Å². The smallest absolute Gasteiger partial charge is 0.113 e. The van der Waals surface area contributed by atoms with E-state index in [0.717, 1.165) is 18.4 Å². The molecule has 1 aromatic heterocycles. The number of fused-ring (bicyclic) bond motifs is 3. The minimum absolute atomic E-state index is 1.08. The normalized spacial score (nSPS) is 13.9. The number of para-hydroxylation sites is 2. The van der Waals surface area contributed by atoms with Crippen LogP contribution in [-0.4, -0.2) is 9.55 Å². The molecular weight excluding hydrogens is 196 g/mol. The lowest BCUT2D eigenvalue weighted by Gasteiger charge is -1.98. The fraction of sp³-hybridized carbons (Fsp3) is 0.357. The average molecular weight is 214 g/mol. The van der Waals surface area contributed by atoms with Crippen molar-refractivity contribution in [1.29, 1.82) is 0 Å². The van der Waals surface area contributed by atoms with E-state index >= 15 is 0 Å². The first kappa shape index (κ1) is 10.9. The number of allylic oxidation sites excluding steroid dienone is 1. The Morgan fingerprint density at radius 2 is 2.00 bits per heavy atom. The lowest BCUT2D eigenvalue weighted by atomic mass is 10.2. The topological polar surface area (TPSA) is 17.8 Å². The van der Waals surface area contributed by atoms with E-state index in [-0.39, 0.29) is 0 Å². The van der Waals surface area contributed by atoms with Crippen LogP contribution in [0.3, 0.4) is 0 Å². The molecule has 0 saturated carbocycles. The van der Waals surface area contributed by atoms with Crippen molar-refractivity contribution < 1.29 is 0 Å². The Balaban J connectivity index is 0.000000457. The molecule has 2 heteroatoms. The Kier molecular flexibility index (Phi) is 3.40. The van der Waals surface area contributed by atoms with E-state index in [1.165, 1.54) is 17.8 Å². The maximum Gasteiger partial charge on any atom is 0.113 e. The zero-order valence-corrected chi connectivity index (χ0v) is 9.98. The predicted octanol–water partition coefficient (Wildman–Crippen LogP) is 3.87. The van der Waals surface area contributed by atoms with Gasteiger partial charge in [-0.2, -0.15) is 0 Å². The number of aromatic nitrogens is 2. The number of rotatable bonds is 0. The highest BCUT2D eigenvalue weighted by Crippen LogP contribution is 2.20. The van der Waals surface area contributed by atoms with E-state index in [0.29, 0.717) is 0 Å². The van der Waals surface area contributed by atoms with Crippen LogP contribution in [0.5, 0.6) is 0 Å². The molecule has 3 rings (SSSR count). The van der Waals surface area contributed by atoms with E-state index in [1.807, 2.05) is 19.9 Å². The summed E-state index contributed by atoms with van der Waals surface area (Å²) in [5.74, 6) is 1.19. The molecule has 1 aliphatic heterocycles. The van der Waals surface area contributed by atoms with Gasteiger partial charge in [-0.1, -0.05) is 32.1 Å². The van der Waals surface area contributed by atoms with Crippen molar-refractivity contribution in [3.63, 3.8) is 0 Å². The van der Waals surface area contributed by atoms with Crippen LogP contribution in [0.4, 0.5) is 0 Å². The molecule has 16 heavy (non-hydrogen) atoms. The van der Waals surface area contributed by atoms with Gasteiger partial charge in [0.1, 0.15) is 5.82 Å². The summed E-state index contributed by atoms with van der Waals surface area (Å²) in [5.41, 5.74) is 2.33. The largest absolute Gasteiger partial charge is 0.303 e. The number of nitrogens with zero attached hydrogens (tertiary/aromatic N) is 2. The van der Waals surface area contributed by atoms with Gasteiger partial charge in [-0.3, -0.25) is 0 Å². The van der Waals surface area contributed by atoms with Crippen molar-refractivity contribution in [2.24, 2.45) is 0 Å². The quantitative estimate of drug-likeness (QED) is 0.651. The number of imidazole rings is 1. The molecule has 84 valence electrons. The van der Waals surface area contributed by atoms with Gasteiger partial charge in [0.25, 0.3) is 0 Å². The Hall–Kier alpha value is -1.57. The number of benzene rings is 1. The van der Waals surface area contributed by atoms with Gasteiger partial charge in [0.15, 0.2) is 0 Å². The van der Waals surface area contributed by atoms with Crippen molar-refractivity contribution in [1.82, 2.24) is 9.55 Å². The van der Waals surface area contributed by atoms with Gasteiger partial charge in [-0.05, 0) is 25.0 Å². The van der Waals surface area contributed by atoms with E-state index < -0.39 is 0 Å². The van der Waals surface area contributed by atoms with Crippen LogP contribution >= 0.6 is 0 Å². The van der Waals surface area contributed by atoms with Crippen LogP contribution in [0, 0.1) is 0 Å². The molecular formula is C14H18N2. The Bertz CT molecular complexity index is 494.